The van der Waals surface area contributed by atoms with Gasteiger partial charge in [0.25, 0.3) is 21.8 Å². The van der Waals surface area contributed by atoms with Crippen LogP contribution in [0.1, 0.15) is 33.6 Å². The van der Waals surface area contributed by atoms with Crippen molar-refractivity contribution in [3.05, 3.63) is 45.8 Å². The molecule has 1 fully saturated rings. The predicted molar refractivity (Wildman–Crippen MR) is 112 cm³/mol. The minimum absolute atomic E-state index is 0.192. The minimum atomic E-state index is -3.61. The van der Waals surface area contributed by atoms with E-state index in [2.05, 4.69) is 5.32 Å². The van der Waals surface area contributed by atoms with Crippen molar-refractivity contribution < 1.29 is 22.8 Å². The van der Waals surface area contributed by atoms with Crippen LogP contribution in [0.2, 0.25) is 4.34 Å². The third-order valence-electron chi connectivity index (χ3n) is 5.32. The van der Waals surface area contributed by atoms with Crippen LogP contribution in [0.25, 0.3) is 0 Å². The molecule has 0 unspecified atom stereocenters. The lowest BCUT2D eigenvalue weighted by atomic mass is 9.97. The summed E-state index contributed by atoms with van der Waals surface area (Å²) in [5, 5.41) is 2.78. The highest BCUT2D eigenvalue weighted by molar-refractivity contribution is 7.91. The van der Waals surface area contributed by atoms with E-state index < -0.39 is 15.9 Å². The number of hydrogen-bond acceptors (Lipinski definition) is 6. The van der Waals surface area contributed by atoms with Crippen LogP contribution < -0.4 is 5.32 Å². The van der Waals surface area contributed by atoms with Crippen molar-refractivity contribution in [2.45, 2.75) is 17.1 Å². The van der Waals surface area contributed by atoms with Gasteiger partial charge in [0.15, 0.2) is 0 Å². The molecule has 4 rings (SSSR count). The Morgan fingerprint density at radius 1 is 1.10 bits per heavy atom. The summed E-state index contributed by atoms with van der Waals surface area (Å²) in [6.07, 6.45) is 0.768. The van der Waals surface area contributed by atoms with E-state index in [9.17, 15) is 22.8 Å². The highest BCUT2D eigenvalue weighted by Crippen LogP contribution is 2.31. The normalized spacial score (nSPS) is 18.0. The van der Waals surface area contributed by atoms with Crippen molar-refractivity contribution in [2.75, 3.05) is 25.5 Å². The Labute approximate surface area is 182 Å². The fourth-order valence-corrected chi connectivity index (χ4v) is 6.71. The average molecular weight is 468 g/mol. The molecule has 158 valence electrons. The van der Waals surface area contributed by atoms with E-state index in [1.54, 1.807) is 12.1 Å². The molecule has 0 bridgehead atoms. The Bertz CT molecular complexity index is 1150. The van der Waals surface area contributed by atoms with Gasteiger partial charge in [-0.25, -0.2) is 8.42 Å². The molecule has 8 nitrogen and oxygen atoms in total. The third-order valence-corrected chi connectivity index (χ3v) is 8.92. The predicted octanol–water partition coefficient (Wildman–Crippen LogP) is 2.67. The van der Waals surface area contributed by atoms with Crippen molar-refractivity contribution in [1.82, 2.24) is 9.21 Å². The second-order valence-corrected chi connectivity index (χ2v) is 11.0. The molecular weight excluding hydrogens is 450 g/mol. The maximum Gasteiger partial charge on any atom is 0.261 e. The molecule has 2 aromatic rings. The molecule has 2 aliphatic rings. The Morgan fingerprint density at radius 3 is 2.40 bits per heavy atom. The molecular formula is C19H18ClN3O5S2. The molecule has 0 aliphatic carbocycles. The number of nitrogens with one attached hydrogen (secondary N) is 1. The Kier molecular flexibility index (Phi) is 5.43. The van der Waals surface area contributed by atoms with Crippen molar-refractivity contribution >= 4 is 56.4 Å². The fourth-order valence-electron chi connectivity index (χ4n) is 3.61. The number of imide groups is 1. The Balaban J connectivity index is 1.40. The maximum absolute atomic E-state index is 12.7. The second kappa shape index (κ2) is 7.77. The van der Waals surface area contributed by atoms with Gasteiger partial charge in [-0.05, 0) is 43.2 Å². The van der Waals surface area contributed by atoms with Crippen molar-refractivity contribution in [1.29, 1.82) is 0 Å². The quantitative estimate of drug-likeness (QED) is 0.696. The number of anilines is 1. The summed E-state index contributed by atoms with van der Waals surface area (Å²) in [7, 11) is -2.20. The fraction of sp³-hybridized carbons (Fsp3) is 0.316. The van der Waals surface area contributed by atoms with Gasteiger partial charge in [-0.1, -0.05) is 11.6 Å². The van der Waals surface area contributed by atoms with Gasteiger partial charge in [0, 0.05) is 31.7 Å². The van der Waals surface area contributed by atoms with Gasteiger partial charge in [-0.15, -0.1) is 11.3 Å². The van der Waals surface area contributed by atoms with Crippen molar-refractivity contribution in [2.24, 2.45) is 5.92 Å². The number of amides is 3. The number of sulfonamides is 1. The average Bonchev–Trinajstić information content (AvgIpc) is 3.26. The van der Waals surface area contributed by atoms with Crippen LogP contribution in [-0.2, 0) is 14.8 Å². The molecule has 3 amide bonds. The smallest absolute Gasteiger partial charge is 0.261 e. The summed E-state index contributed by atoms with van der Waals surface area (Å²) in [5.41, 5.74) is 1.00. The molecule has 1 N–H and O–H groups in total. The van der Waals surface area contributed by atoms with Gasteiger partial charge >= 0.3 is 0 Å². The van der Waals surface area contributed by atoms with Crippen LogP contribution in [0.15, 0.2) is 34.5 Å². The van der Waals surface area contributed by atoms with Crippen LogP contribution in [0.3, 0.4) is 0 Å². The number of carbonyl (C=O) groups is 3. The largest absolute Gasteiger partial charge is 0.326 e. The molecule has 30 heavy (non-hydrogen) atoms. The minimum Gasteiger partial charge on any atom is -0.326 e. The Hall–Kier alpha value is -2.27. The number of thiophene rings is 1. The first kappa shape index (κ1) is 21.0. The van der Waals surface area contributed by atoms with E-state index in [0.717, 1.165) is 16.2 Å². The number of piperidine rings is 1. The number of halogens is 1. The molecule has 11 heteroatoms. The zero-order valence-corrected chi connectivity index (χ0v) is 18.3. The van der Waals surface area contributed by atoms with Crippen molar-refractivity contribution in [3.63, 3.8) is 0 Å². The third kappa shape index (κ3) is 3.64. The summed E-state index contributed by atoms with van der Waals surface area (Å²) < 4.78 is 27.3. The van der Waals surface area contributed by atoms with Crippen LogP contribution in [0.5, 0.6) is 0 Å². The van der Waals surface area contributed by atoms with Crippen molar-refractivity contribution in [3.8, 4) is 0 Å². The number of nitrogens with zero attached hydrogens (tertiary/aromatic N) is 2. The number of fused-ring (bicyclic) bond motifs is 1. The zero-order chi connectivity index (χ0) is 21.6. The van der Waals surface area contributed by atoms with Crippen LogP contribution >= 0.6 is 22.9 Å². The lowest BCUT2D eigenvalue weighted by Gasteiger charge is -2.30. The van der Waals surface area contributed by atoms with Gasteiger partial charge in [0.05, 0.1) is 15.5 Å². The SMILES string of the molecule is CN1C(=O)c2ccc(NC(=O)C3CCN(S(=O)(=O)c4ccc(Cl)s4)CC3)cc2C1=O. The monoisotopic (exact) mass is 467 g/mol. The molecule has 0 radical (unpaired) electrons. The molecule has 1 aromatic heterocycles. The zero-order valence-electron chi connectivity index (χ0n) is 15.9. The number of hydrogen-bond donors (Lipinski definition) is 1. The van der Waals surface area contributed by atoms with E-state index in [4.69, 9.17) is 11.6 Å². The molecule has 1 saturated heterocycles. The van der Waals surface area contributed by atoms with E-state index in [-0.39, 0.29) is 40.6 Å². The summed E-state index contributed by atoms with van der Waals surface area (Å²) in [5.74, 6) is -1.36. The molecule has 3 heterocycles. The highest BCUT2D eigenvalue weighted by atomic mass is 35.5. The molecule has 0 saturated carbocycles. The lowest BCUT2D eigenvalue weighted by molar-refractivity contribution is -0.120. The molecule has 0 atom stereocenters. The first-order valence-corrected chi connectivity index (χ1v) is 11.8. The van der Waals surface area contributed by atoms with E-state index >= 15 is 0 Å². The van der Waals surface area contributed by atoms with E-state index in [1.807, 2.05) is 0 Å². The van der Waals surface area contributed by atoms with Gasteiger partial charge < -0.3 is 5.32 Å². The van der Waals surface area contributed by atoms with Crippen LogP contribution in [-0.4, -0.2) is 55.5 Å². The number of rotatable bonds is 4. The van der Waals surface area contributed by atoms with E-state index in [0.29, 0.717) is 28.4 Å². The maximum atomic E-state index is 12.7. The van der Waals surface area contributed by atoms with Gasteiger partial charge in [0.2, 0.25) is 5.91 Å². The van der Waals surface area contributed by atoms with Gasteiger partial charge in [0.1, 0.15) is 4.21 Å². The standard InChI is InChI=1S/C19H18ClN3O5S2/c1-22-18(25)13-3-2-12(10-14(13)19(22)26)21-17(24)11-6-8-23(9-7-11)30(27,28)16-5-4-15(20)29-16/h2-5,10-11H,6-9H2,1H3,(H,21,24). The lowest BCUT2D eigenvalue weighted by Crippen LogP contribution is -2.41. The van der Waals surface area contributed by atoms with Gasteiger partial charge in [-0.3, -0.25) is 19.3 Å². The summed E-state index contributed by atoms with van der Waals surface area (Å²) in [6, 6.07) is 7.64. The first-order chi connectivity index (χ1) is 14.2. The summed E-state index contributed by atoms with van der Waals surface area (Å²) in [6.45, 7) is 0.468. The van der Waals surface area contributed by atoms with Gasteiger partial charge in [-0.2, -0.15) is 4.31 Å². The molecule has 1 aromatic carbocycles. The number of carbonyl (C=O) groups excluding carboxylic acids is 3. The summed E-state index contributed by atoms with van der Waals surface area (Å²) in [4.78, 5) is 37.8. The topological polar surface area (TPSA) is 104 Å². The number of benzene rings is 1. The molecule has 0 spiro atoms. The highest BCUT2D eigenvalue weighted by Gasteiger charge is 2.34. The molecule has 2 aliphatic heterocycles. The Morgan fingerprint density at radius 2 is 1.77 bits per heavy atom. The summed E-state index contributed by atoms with van der Waals surface area (Å²) >= 11 is 6.86. The van der Waals surface area contributed by atoms with Crippen LogP contribution in [0.4, 0.5) is 5.69 Å². The first-order valence-electron chi connectivity index (χ1n) is 9.21. The van der Waals surface area contributed by atoms with E-state index in [1.165, 1.54) is 29.6 Å². The second-order valence-electron chi connectivity index (χ2n) is 7.16. The van der Waals surface area contributed by atoms with Crippen LogP contribution in [0, 0.1) is 5.92 Å².